The fourth-order valence-corrected chi connectivity index (χ4v) is 3.05. The van der Waals surface area contributed by atoms with E-state index in [0.29, 0.717) is 6.61 Å². The first-order valence-electron chi connectivity index (χ1n) is 7.68. The molecule has 1 aliphatic carbocycles. The number of aromatic amines is 1. The molecule has 0 radical (unpaired) electrons. The smallest absolute Gasteiger partial charge is 0.226 e. The van der Waals surface area contributed by atoms with Gasteiger partial charge in [0, 0.05) is 51.4 Å². The molecule has 1 fully saturated rings. The highest BCUT2D eigenvalue weighted by molar-refractivity contribution is 5.80. The Morgan fingerprint density at radius 2 is 2.33 bits per heavy atom. The van der Waals surface area contributed by atoms with Crippen molar-refractivity contribution >= 4 is 5.91 Å². The number of carbonyl (C=O) groups excluding carboxylic acids is 1. The quantitative estimate of drug-likeness (QED) is 0.787. The molecule has 3 rings (SSSR count). The predicted octanol–water partition coefficient (Wildman–Crippen LogP) is 0.778. The van der Waals surface area contributed by atoms with Crippen molar-refractivity contribution in [3.63, 3.8) is 0 Å². The van der Waals surface area contributed by atoms with Crippen LogP contribution in [0, 0.1) is 5.92 Å². The molecule has 0 spiro atoms. The topological polar surface area (TPSA) is 67.5 Å². The summed E-state index contributed by atoms with van der Waals surface area (Å²) in [5, 5.41) is 7.07. The number of nitrogens with zero attached hydrogens (tertiary/aromatic N) is 2. The van der Waals surface area contributed by atoms with E-state index in [1.165, 1.54) is 5.56 Å². The number of ether oxygens (including phenoxy) is 2. The van der Waals surface area contributed by atoms with Crippen LogP contribution in [0.2, 0.25) is 0 Å². The Morgan fingerprint density at radius 3 is 3.14 bits per heavy atom. The molecule has 2 heterocycles. The lowest BCUT2D eigenvalue weighted by Crippen LogP contribution is -2.56. The Hall–Kier alpha value is -1.40. The van der Waals surface area contributed by atoms with Crippen molar-refractivity contribution in [3.05, 3.63) is 17.5 Å². The van der Waals surface area contributed by atoms with Gasteiger partial charge in [-0.15, -0.1) is 0 Å². The third kappa shape index (κ3) is 3.27. The van der Waals surface area contributed by atoms with E-state index < -0.39 is 0 Å². The van der Waals surface area contributed by atoms with E-state index in [4.69, 9.17) is 9.47 Å². The van der Waals surface area contributed by atoms with Gasteiger partial charge in [-0.2, -0.15) is 5.10 Å². The Balaban J connectivity index is 1.40. The summed E-state index contributed by atoms with van der Waals surface area (Å²) in [6.07, 6.45) is 5.67. The molecule has 6 heteroatoms. The molecule has 1 atom stereocenters. The summed E-state index contributed by atoms with van der Waals surface area (Å²) < 4.78 is 10.7. The van der Waals surface area contributed by atoms with Crippen LogP contribution in [-0.4, -0.2) is 60.5 Å². The van der Waals surface area contributed by atoms with Gasteiger partial charge in [-0.05, 0) is 24.8 Å². The number of likely N-dealkylation sites (tertiary alicyclic amines) is 1. The van der Waals surface area contributed by atoms with Crippen LogP contribution in [0.3, 0.4) is 0 Å². The maximum Gasteiger partial charge on any atom is 0.226 e. The van der Waals surface area contributed by atoms with E-state index >= 15 is 0 Å². The van der Waals surface area contributed by atoms with Gasteiger partial charge in [0.2, 0.25) is 5.91 Å². The lowest BCUT2D eigenvalue weighted by atomic mass is 9.86. The molecule has 6 nitrogen and oxygen atoms in total. The van der Waals surface area contributed by atoms with E-state index in [-0.39, 0.29) is 17.9 Å². The molecule has 116 valence electrons. The molecule has 2 aliphatic rings. The van der Waals surface area contributed by atoms with Crippen molar-refractivity contribution in [2.45, 2.75) is 31.8 Å². The zero-order valence-corrected chi connectivity index (χ0v) is 12.5. The van der Waals surface area contributed by atoms with Crippen molar-refractivity contribution in [1.29, 1.82) is 0 Å². The number of hydrogen-bond donors (Lipinski definition) is 1. The second kappa shape index (κ2) is 6.58. The summed E-state index contributed by atoms with van der Waals surface area (Å²) in [6.45, 7) is 2.90. The summed E-state index contributed by atoms with van der Waals surface area (Å²) in [4.78, 5) is 14.4. The zero-order chi connectivity index (χ0) is 14.7. The van der Waals surface area contributed by atoms with E-state index in [2.05, 4.69) is 10.2 Å². The fraction of sp³-hybridized carbons (Fsp3) is 0.733. The maximum absolute atomic E-state index is 12.4. The molecule has 0 aromatic carbocycles. The van der Waals surface area contributed by atoms with Crippen LogP contribution in [0.4, 0.5) is 0 Å². The lowest BCUT2D eigenvalue weighted by Gasteiger charge is -2.41. The predicted molar refractivity (Wildman–Crippen MR) is 76.9 cm³/mol. The Kier molecular flexibility index (Phi) is 4.55. The van der Waals surface area contributed by atoms with Crippen molar-refractivity contribution in [2.75, 3.05) is 33.4 Å². The van der Waals surface area contributed by atoms with Gasteiger partial charge >= 0.3 is 0 Å². The largest absolute Gasteiger partial charge is 0.385 e. The number of nitrogens with one attached hydrogen (secondary N) is 1. The van der Waals surface area contributed by atoms with Crippen LogP contribution >= 0.6 is 0 Å². The number of H-pyrrole nitrogens is 1. The molecular weight excluding hydrogens is 270 g/mol. The van der Waals surface area contributed by atoms with Crippen LogP contribution in [0.25, 0.3) is 0 Å². The summed E-state index contributed by atoms with van der Waals surface area (Å²) in [5.41, 5.74) is 2.40. The minimum Gasteiger partial charge on any atom is -0.385 e. The number of rotatable bonds is 6. The fourth-order valence-electron chi connectivity index (χ4n) is 3.05. The number of aryl methyl sites for hydroxylation is 1. The molecule has 1 aromatic rings. The monoisotopic (exact) mass is 293 g/mol. The Labute approximate surface area is 124 Å². The number of carbonyl (C=O) groups is 1. The van der Waals surface area contributed by atoms with Crippen LogP contribution in [0.5, 0.6) is 0 Å². The van der Waals surface area contributed by atoms with Gasteiger partial charge in [0.25, 0.3) is 0 Å². The number of fused-ring (bicyclic) bond motifs is 1. The SMILES string of the molecule is COCCCOC1CN(C(=O)C2CCc3cn[nH]c3C2)C1. The standard InChI is InChI=1S/C15H23N3O3/c1-20-5-2-6-21-13-9-18(10-13)15(19)11-3-4-12-8-16-17-14(12)7-11/h8,11,13H,2-7,9-10H2,1H3,(H,16,17). The van der Waals surface area contributed by atoms with E-state index in [1.54, 1.807) is 7.11 Å². The first-order valence-corrected chi connectivity index (χ1v) is 7.68. The lowest BCUT2D eigenvalue weighted by molar-refractivity contribution is -0.150. The summed E-state index contributed by atoms with van der Waals surface area (Å²) in [6, 6.07) is 0. The first kappa shape index (κ1) is 14.5. The molecule has 1 N–H and O–H groups in total. The zero-order valence-electron chi connectivity index (χ0n) is 12.5. The maximum atomic E-state index is 12.4. The molecule has 1 aromatic heterocycles. The Bertz CT molecular complexity index is 482. The first-order chi connectivity index (χ1) is 10.3. The van der Waals surface area contributed by atoms with Crippen LogP contribution in [-0.2, 0) is 27.1 Å². The normalized spacial score (nSPS) is 22.0. The molecule has 21 heavy (non-hydrogen) atoms. The minimum atomic E-state index is 0.104. The van der Waals surface area contributed by atoms with Crippen molar-refractivity contribution in [2.24, 2.45) is 5.92 Å². The molecule has 1 aliphatic heterocycles. The van der Waals surface area contributed by atoms with Gasteiger partial charge in [0.05, 0.1) is 12.3 Å². The number of aromatic nitrogens is 2. The molecule has 1 amide bonds. The van der Waals surface area contributed by atoms with Crippen molar-refractivity contribution in [3.8, 4) is 0 Å². The highest BCUT2D eigenvalue weighted by Gasteiger charge is 2.36. The molecular formula is C15H23N3O3. The van der Waals surface area contributed by atoms with E-state index in [0.717, 1.165) is 51.1 Å². The summed E-state index contributed by atoms with van der Waals surface area (Å²) in [7, 11) is 1.69. The Morgan fingerprint density at radius 1 is 1.48 bits per heavy atom. The minimum absolute atomic E-state index is 0.104. The summed E-state index contributed by atoms with van der Waals surface area (Å²) in [5.74, 6) is 0.374. The second-order valence-corrected chi connectivity index (χ2v) is 5.90. The van der Waals surface area contributed by atoms with E-state index in [1.807, 2.05) is 11.1 Å². The van der Waals surface area contributed by atoms with Gasteiger partial charge in [-0.3, -0.25) is 9.89 Å². The highest BCUT2D eigenvalue weighted by atomic mass is 16.5. The van der Waals surface area contributed by atoms with Crippen molar-refractivity contribution in [1.82, 2.24) is 15.1 Å². The number of hydrogen-bond acceptors (Lipinski definition) is 4. The van der Waals surface area contributed by atoms with Crippen LogP contribution in [0.1, 0.15) is 24.1 Å². The van der Waals surface area contributed by atoms with Gasteiger partial charge in [-0.1, -0.05) is 0 Å². The summed E-state index contributed by atoms with van der Waals surface area (Å²) >= 11 is 0. The average Bonchev–Trinajstić information content (AvgIpc) is 2.92. The molecule has 1 saturated heterocycles. The van der Waals surface area contributed by atoms with E-state index in [9.17, 15) is 4.79 Å². The van der Waals surface area contributed by atoms with Crippen LogP contribution in [0.15, 0.2) is 6.20 Å². The third-order valence-corrected chi connectivity index (χ3v) is 4.38. The second-order valence-electron chi connectivity index (χ2n) is 5.90. The third-order valence-electron chi connectivity index (χ3n) is 4.38. The molecule has 0 saturated carbocycles. The van der Waals surface area contributed by atoms with Gasteiger partial charge in [-0.25, -0.2) is 0 Å². The number of amides is 1. The van der Waals surface area contributed by atoms with Crippen molar-refractivity contribution < 1.29 is 14.3 Å². The number of methoxy groups -OCH3 is 1. The highest BCUT2D eigenvalue weighted by Crippen LogP contribution is 2.27. The average molecular weight is 293 g/mol. The van der Waals surface area contributed by atoms with Gasteiger partial charge in [0.15, 0.2) is 0 Å². The van der Waals surface area contributed by atoms with Crippen LogP contribution < -0.4 is 0 Å². The molecule has 1 unspecified atom stereocenters. The molecule has 0 bridgehead atoms. The van der Waals surface area contributed by atoms with Gasteiger partial charge in [0.1, 0.15) is 0 Å². The van der Waals surface area contributed by atoms with Gasteiger partial charge < -0.3 is 14.4 Å².